The second kappa shape index (κ2) is 12.3. The van der Waals surface area contributed by atoms with Gasteiger partial charge in [-0.3, -0.25) is 19.0 Å². The number of halogens is 6. The van der Waals surface area contributed by atoms with E-state index in [1.54, 1.807) is 17.6 Å². The molecular formula is C21H19F6N5O4S. The molecule has 37 heavy (non-hydrogen) atoms. The summed E-state index contributed by atoms with van der Waals surface area (Å²) in [5.74, 6) is -2.15. The maximum atomic E-state index is 12.7. The molecule has 0 radical (unpaired) electrons. The summed E-state index contributed by atoms with van der Waals surface area (Å²) in [5, 5.41) is 15.4. The van der Waals surface area contributed by atoms with Crippen molar-refractivity contribution >= 4 is 40.6 Å². The molecule has 0 fully saturated rings. The molecule has 16 heteroatoms. The van der Waals surface area contributed by atoms with Crippen LogP contribution in [0.5, 0.6) is 5.75 Å². The Labute approximate surface area is 208 Å². The van der Waals surface area contributed by atoms with Crippen LogP contribution in [0.2, 0.25) is 0 Å². The number of thiazole rings is 1. The number of benzene rings is 1. The van der Waals surface area contributed by atoms with E-state index in [1.165, 1.54) is 36.5 Å². The fourth-order valence-electron chi connectivity index (χ4n) is 2.68. The minimum absolute atomic E-state index is 0.0195. The van der Waals surface area contributed by atoms with Gasteiger partial charge in [0.05, 0.1) is 0 Å². The van der Waals surface area contributed by atoms with Gasteiger partial charge in [0.25, 0.3) is 17.4 Å². The van der Waals surface area contributed by atoms with Crippen LogP contribution in [0, 0.1) is 11.3 Å². The summed E-state index contributed by atoms with van der Waals surface area (Å²) in [6.07, 6.45) is -8.02. The van der Waals surface area contributed by atoms with E-state index in [-0.39, 0.29) is 21.5 Å². The van der Waals surface area contributed by atoms with Crippen LogP contribution in [0.1, 0.15) is 6.92 Å². The van der Waals surface area contributed by atoms with Gasteiger partial charge in [-0.25, -0.2) is 0 Å². The van der Waals surface area contributed by atoms with E-state index < -0.39 is 55.0 Å². The zero-order chi connectivity index (χ0) is 27.8. The molecular weight excluding hydrogens is 532 g/mol. The van der Waals surface area contributed by atoms with Crippen molar-refractivity contribution in [3.63, 3.8) is 0 Å². The van der Waals surface area contributed by atoms with Gasteiger partial charge in [0.2, 0.25) is 0 Å². The van der Waals surface area contributed by atoms with E-state index in [0.717, 1.165) is 4.57 Å². The Morgan fingerprint density at radius 1 is 1.14 bits per heavy atom. The third-order valence-corrected chi connectivity index (χ3v) is 5.42. The predicted octanol–water partition coefficient (Wildman–Crippen LogP) is 1.19. The van der Waals surface area contributed by atoms with Gasteiger partial charge < -0.3 is 20.7 Å². The molecule has 0 atom stereocenters. The first kappa shape index (κ1) is 29.2. The first-order chi connectivity index (χ1) is 17.2. The number of nitrogens with zero attached hydrogens (tertiary/aromatic N) is 2. The number of hydrogen-bond acceptors (Lipinski definition) is 7. The maximum absolute atomic E-state index is 12.7. The molecule has 1 aromatic carbocycles. The molecule has 2 amide bonds. The molecule has 0 aliphatic carbocycles. The van der Waals surface area contributed by atoms with Gasteiger partial charge >= 0.3 is 12.4 Å². The number of carbonyl (C=O) groups is 2. The smallest absolute Gasteiger partial charge is 0.405 e. The average molecular weight is 551 g/mol. The summed E-state index contributed by atoms with van der Waals surface area (Å²) in [7, 11) is 0. The fourth-order valence-corrected chi connectivity index (χ4v) is 3.77. The minimum atomic E-state index is -4.69. The molecule has 0 spiro atoms. The van der Waals surface area contributed by atoms with Gasteiger partial charge in [-0.2, -0.15) is 31.6 Å². The Balaban J connectivity index is 2.24. The second-order valence-electron chi connectivity index (χ2n) is 7.10. The SMILES string of the molecule is CCn1c(=C(C#N)C(=O)NCC(F)(F)F)sc(=CNc2cccc(OCC(=O)NCC(F)(F)F)c2)c1=O. The molecule has 1 aromatic heterocycles. The van der Waals surface area contributed by atoms with Crippen LogP contribution in [0.25, 0.3) is 11.8 Å². The van der Waals surface area contributed by atoms with Crippen molar-refractivity contribution in [2.45, 2.75) is 25.8 Å². The zero-order valence-corrected chi connectivity index (χ0v) is 19.7. The molecule has 0 saturated carbocycles. The van der Waals surface area contributed by atoms with E-state index in [4.69, 9.17) is 4.74 Å². The summed E-state index contributed by atoms with van der Waals surface area (Å²) in [6, 6.07) is 7.39. The molecule has 0 unspecified atom stereocenters. The van der Waals surface area contributed by atoms with E-state index in [1.807, 2.05) is 0 Å². The summed E-state index contributed by atoms with van der Waals surface area (Å²) < 4.78 is 79.8. The highest BCUT2D eigenvalue weighted by atomic mass is 32.1. The second-order valence-corrected chi connectivity index (χ2v) is 8.13. The van der Waals surface area contributed by atoms with Gasteiger partial charge in [0.15, 0.2) is 12.2 Å². The number of nitrogens with one attached hydrogen (secondary N) is 3. The van der Waals surface area contributed by atoms with Crippen LogP contribution >= 0.6 is 11.3 Å². The number of hydrogen-bond donors (Lipinski definition) is 3. The summed E-state index contributed by atoms with van der Waals surface area (Å²) in [6.45, 7) is -2.26. The Morgan fingerprint density at radius 3 is 2.38 bits per heavy atom. The molecule has 0 saturated heterocycles. The van der Waals surface area contributed by atoms with Crippen LogP contribution in [-0.4, -0.2) is 48.4 Å². The molecule has 9 nitrogen and oxygen atoms in total. The van der Waals surface area contributed by atoms with Crippen LogP contribution in [0.15, 0.2) is 29.1 Å². The van der Waals surface area contributed by atoms with E-state index in [0.29, 0.717) is 17.0 Å². The highest BCUT2D eigenvalue weighted by Crippen LogP contribution is 2.17. The number of anilines is 1. The first-order valence-corrected chi connectivity index (χ1v) is 11.1. The molecule has 3 N–H and O–H groups in total. The number of carbonyl (C=O) groups excluding carboxylic acids is 2. The van der Waals surface area contributed by atoms with Gasteiger partial charge in [0.1, 0.15) is 34.1 Å². The Hall–Kier alpha value is -4.00. The normalized spacial score (nSPS) is 13.0. The molecule has 0 aliphatic rings. The van der Waals surface area contributed by atoms with Crippen molar-refractivity contribution in [2.75, 3.05) is 25.0 Å². The van der Waals surface area contributed by atoms with Gasteiger partial charge in [-0.1, -0.05) is 6.07 Å². The van der Waals surface area contributed by atoms with Crippen LogP contribution in [0.3, 0.4) is 0 Å². The minimum Gasteiger partial charge on any atom is -0.484 e. The van der Waals surface area contributed by atoms with Crippen LogP contribution < -0.4 is 35.4 Å². The van der Waals surface area contributed by atoms with Crippen molar-refractivity contribution in [2.24, 2.45) is 0 Å². The highest BCUT2D eigenvalue weighted by Gasteiger charge is 2.29. The topological polar surface area (TPSA) is 125 Å². The van der Waals surface area contributed by atoms with Crippen molar-refractivity contribution in [1.29, 1.82) is 5.26 Å². The van der Waals surface area contributed by atoms with Gasteiger partial charge in [0, 0.05) is 24.5 Å². The third-order valence-electron chi connectivity index (χ3n) is 4.29. The Bertz CT molecular complexity index is 1360. The Morgan fingerprint density at radius 2 is 1.78 bits per heavy atom. The predicted molar refractivity (Wildman–Crippen MR) is 121 cm³/mol. The zero-order valence-electron chi connectivity index (χ0n) is 18.9. The molecule has 200 valence electrons. The number of alkyl halides is 6. The number of nitriles is 1. The third kappa shape index (κ3) is 9.18. The van der Waals surface area contributed by atoms with Gasteiger partial charge in [-0.15, -0.1) is 11.3 Å². The standard InChI is InChI=1S/C21H19F6N5O4S/c1-2-32-18(35)15(37-19(32)14(7-28)17(34)31-11-21(25,26)27)8-29-12-4-3-5-13(6-12)36-9-16(33)30-10-20(22,23)24/h3-6,8,29H,2,9-11H2,1H3,(H,30,33)(H,31,34). The van der Waals surface area contributed by atoms with Crippen molar-refractivity contribution in [3.8, 4) is 11.8 Å². The largest absolute Gasteiger partial charge is 0.484 e. The maximum Gasteiger partial charge on any atom is 0.405 e. The first-order valence-electron chi connectivity index (χ1n) is 10.3. The lowest BCUT2D eigenvalue weighted by Crippen LogP contribution is -2.37. The molecule has 0 bridgehead atoms. The number of ether oxygens (including phenoxy) is 1. The monoisotopic (exact) mass is 551 g/mol. The highest BCUT2D eigenvalue weighted by molar-refractivity contribution is 7.07. The summed E-state index contributed by atoms with van der Waals surface area (Å²) in [5.41, 5.74) is -0.926. The lowest BCUT2D eigenvalue weighted by Gasteiger charge is -2.10. The van der Waals surface area contributed by atoms with E-state index in [2.05, 4.69) is 5.32 Å². The lowest BCUT2D eigenvalue weighted by atomic mass is 10.3. The van der Waals surface area contributed by atoms with Crippen molar-refractivity contribution in [3.05, 3.63) is 43.8 Å². The van der Waals surface area contributed by atoms with Gasteiger partial charge in [-0.05, 0) is 19.1 Å². The van der Waals surface area contributed by atoms with Crippen LogP contribution in [0.4, 0.5) is 32.0 Å². The summed E-state index contributed by atoms with van der Waals surface area (Å²) in [4.78, 5) is 36.3. The average Bonchev–Trinajstić information content (AvgIpc) is 3.13. The molecule has 2 aromatic rings. The van der Waals surface area contributed by atoms with Crippen LogP contribution in [-0.2, 0) is 16.1 Å². The number of aromatic nitrogens is 1. The molecule has 0 aliphatic heterocycles. The molecule has 2 rings (SSSR count). The summed E-state index contributed by atoms with van der Waals surface area (Å²) >= 11 is 0.705. The van der Waals surface area contributed by atoms with Crippen molar-refractivity contribution in [1.82, 2.24) is 15.2 Å². The Kier molecular flexibility index (Phi) is 9.72. The van der Waals surface area contributed by atoms with Crippen molar-refractivity contribution < 1.29 is 40.7 Å². The quantitative estimate of drug-likeness (QED) is 0.403. The number of amides is 2. The number of rotatable bonds is 9. The lowest BCUT2D eigenvalue weighted by molar-refractivity contribution is -0.139. The van der Waals surface area contributed by atoms with E-state index >= 15 is 0 Å². The molecule has 1 heterocycles. The van der Waals surface area contributed by atoms with E-state index in [9.17, 15) is 46.0 Å². The fraction of sp³-hybridized carbons (Fsp3) is 0.333.